The van der Waals surface area contributed by atoms with Crippen LogP contribution in [0.2, 0.25) is 0 Å². The van der Waals surface area contributed by atoms with Gasteiger partial charge in [0.15, 0.2) is 0 Å². The van der Waals surface area contributed by atoms with Gasteiger partial charge in [-0.3, -0.25) is 0 Å². The van der Waals surface area contributed by atoms with Gasteiger partial charge in [0.25, 0.3) is 0 Å². The van der Waals surface area contributed by atoms with Gasteiger partial charge in [-0.25, -0.2) is 4.79 Å². The van der Waals surface area contributed by atoms with E-state index in [1.807, 2.05) is 23.1 Å². The highest BCUT2D eigenvalue weighted by molar-refractivity contribution is 5.75. The fourth-order valence-corrected chi connectivity index (χ4v) is 3.73. The molecule has 1 fully saturated rings. The first-order valence-corrected chi connectivity index (χ1v) is 9.17. The molecule has 25 heavy (non-hydrogen) atoms. The van der Waals surface area contributed by atoms with Crippen molar-refractivity contribution in [3.8, 4) is 5.75 Å². The highest BCUT2D eigenvalue weighted by Crippen LogP contribution is 2.26. The third-order valence-electron chi connectivity index (χ3n) is 4.85. The van der Waals surface area contributed by atoms with Crippen LogP contribution in [0, 0.1) is 5.41 Å². The van der Waals surface area contributed by atoms with Gasteiger partial charge in [-0.05, 0) is 49.7 Å². The van der Waals surface area contributed by atoms with Crippen LogP contribution in [0.4, 0.5) is 4.79 Å². The lowest BCUT2D eigenvalue weighted by Gasteiger charge is -2.30. The van der Waals surface area contributed by atoms with Crippen molar-refractivity contribution in [2.24, 2.45) is 5.41 Å². The summed E-state index contributed by atoms with van der Waals surface area (Å²) < 4.78 is 5.44. The highest BCUT2D eigenvalue weighted by Gasteiger charge is 2.30. The molecule has 1 aliphatic heterocycles. The number of aliphatic hydroxyl groups excluding tert-OH is 1. The van der Waals surface area contributed by atoms with Crippen LogP contribution in [0.5, 0.6) is 5.75 Å². The van der Waals surface area contributed by atoms with Crippen molar-refractivity contribution >= 4 is 6.03 Å². The molecular formula is C20H32N2O3. The van der Waals surface area contributed by atoms with Crippen molar-refractivity contribution in [2.75, 3.05) is 20.2 Å². The zero-order valence-corrected chi connectivity index (χ0v) is 15.9. The molecule has 0 spiro atoms. The molecule has 5 heteroatoms. The van der Waals surface area contributed by atoms with Crippen LogP contribution in [0.3, 0.4) is 0 Å². The molecule has 0 aromatic heterocycles. The summed E-state index contributed by atoms with van der Waals surface area (Å²) in [6.07, 6.45) is 3.16. The Kier molecular flexibility index (Phi) is 6.71. The van der Waals surface area contributed by atoms with Crippen LogP contribution >= 0.6 is 0 Å². The Morgan fingerprint density at radius 1 is 1.44 bits per heavy atom. The minimum absolute atomic E-state index is 0.00364. The number of ether oxygens (including phenoxy) is 1. The Hall–Kier alpha value is -1.75. The number of amides is 2. The number of likely N-dealkylation sites (tertiary alicyclic amines) is 1. The lowest BCUT2D eigenvalue weighted by atomic mass is 9.87. The number of hydrogen-bond donors (Lipinski definition) is 2. The van der Waals surface area contributed by atoms with E-state index in [1.54, 1.807) is 14.0 Å². The van der Waals surface area contributed by atoms with Gasteiger partial charge in [-0.2, -0.15) is 0 Å². The van der Waals surface area contributed by atoms with Crippen molar-refractivity contribution in [3.05, 3.63) is 29.8 Å². The Balaban J connectivity index is 1.95. The second-order valence-corrected chi connectivity index (χ2v) is 7.88. The van der Waals surface area contributed by atoms with Crippen molar-refractivity contribution in [3.63, 3.8) is 0 Å². The van der Waals surface area contributed by atoms with Gasteiger partial charge < -0.3 is 20.1 Å². The number of para-hydroxylation sites is 1. The van der Waals surface area contributed by atoms with E-state index in [-0.39, 0.29) is 23.6 Å². The Morgan fingerprint density at radius 2 is 2.16 bits per heavy atom. The molecule has 2 rings (SSSR count). The Bertz CT molecular complexity index is 572. The summed E-state index contributed by atoms with van der Waals surface area (Å²) in [5, 5.41) is 12.6. The average Bonchev–Trinajstić information content (AvgIpc) is 3.00. The minimum Gasteiger partial charge on any atom is -0.496 e. The maximum atomic E-state index is 12.7. The standard InChI is InChI=1S/C20H32N2O3/c1-15(23)13-20(2,3)14-21-19(24)22-11-7-9-17(22)12-16-8-5-6-10-18(16)25-4/h5-6,8,10,15,17,23H,7,9,11-14H2,1-4H3,(H,21,24). The van der Waals surface area contributed by atoms with E-state index in [0.717, 1.165) is 37.1 Å². The van der Waals surface area contributed by atoms with E-state index in [1.165, 1.54) is 0 Å². The molecule has 140 valence electrons. The van der Waals surface area contributed by atoms with Crippen molar-refractivity contribution in [2.45, 2.75) is 58.6 Å². The molecule has 1 aliphatic rings. The van der Waals surface area contributed by atoms with Crippen LogP contribution in [-0.4, -0.2) is 48.4 Å². The van der Waals surface area contributed by atoms with Gasteiger partial charge in [0.2, 0.25) is 0 Å². The van der Waals surface area contributed by atoms with Gasteiger partial charge in [0.05, 0.1) is 13.2 Å². The Labute approximate surface area is 151 Å². The Morgan fingerprint density at radius 3 is 2.84 bits per heavy atom. The van der Waals surface area contributed by atoms with Crippen LogP contribution < -0.4 is 10.1 Å². The number of urea groups is 1. The minimum atomic E-state index is -0.364. The number of rotatable bonds is 7. The predicted molar refractivity (Wildman–Crippen MR) is 99.9 cm³/mol. The monoisotopic (exact) mass is 348 g/mol. The molecule has 2 N–H and O–H groups in total. The smallest absolute Gasteiger partial charge is 0.317 e. The highest BCUT2D eigenvalue weighted by atomic mass is 16.5. The van der Waals surface area contributed by atoms with Crippen molar-refractivity contribution in [1.29, 1.82) is 0 Å². The zero-order valence-electron chi connectivity index (χ0n) is 15.9. The third-order valence-corrected chi connectivity index (χ3v) is 4.85. The maximum Gasteiger partial charge on any atom is 0.317 e. The summed E-state index contributed by atoms with van der Waals surface area (Å²) in [5.74, 6) is 0.882. The summed E-state index contributed by atoms with van der Waals surface area (Å²) >= 11 is 0. The molecule has 1 aromatic carbocycles. The van der Waals surface area contributed by atoms with Gasteiger partial charge in [-0.15, -0.1) is 0 Å². The van der Waals surface area contributed by atoms with Gasteiger partial charge in [-0.1, -0.05) is 32.0 Å². The van der Waals surface area contributed by atoms with E-state index >= 15 is 0 Å². The molecule has 1 aromatic rings. The molecule has 5 nitrogen and oxygen atoms in total. The maximum absolute atomic E-state index is 12.7. The fourth-order valence-electron chi connectivity index (χ4n) is 3.73. The summed E-state index contributed by atoms with van der Waals surface area (Å²) in [6.45, 7) is 7.27. The number of aliphatic hydroxyl groups is 1. The molecule has 2 amide bonds. The largest absolute Gasteiger partial charge is 0.496 e. The molecule has 0 bridgehead atoms. The first-order chi connectivity index (χ1) is 11.8. The number of benzene rings is 1. The quantitative estimate of drug-likeness (QED) is 0.795. The number of carbonyl (C=O) groups excluding carboxylic acids is 1. The van der Waals surface area contributed by atoms with E-state index in [9.17, 15) is 9.90 Å². The fraction of sp³-hybridized carbons (Fsp3) is 0.650. The van der Waals surface area contributed by atoms with Crippen molar-refractivity contribution in [1.82, 2.24) is 10.2 Å². The van der Waals surface area contributed by atoms with E-state index in [2.05, 4.69) is 25.2 Å². The lowest BCUT2D eigenvalue weighted by molar-refractivity contribution is 0.126. The van der Waals surface area contributed by atoms with E-state index in [0.29, 0.717) is 13.0 Å². The summed E-state index contributed by atoms with van der Waals surface area (Å²) in [7, 11) is 1.68. The number of carbonyl (C=O) groups is 1. The lowest BCUT2D eigenvalue weighted by Crippen LogP contribution is -2.46. The van der Waals surface area contributed by atoms with Crippen LogP contribution in [0.25, 0.3) is 0 Å². The molecule has 2 unspecified atom stereocenters. The molecule has 0 saturated carbocycles. The van der Waals surface area contributed by atoms with Gasteiger partial charge >= 0.3 is 6.03 Å². The second-order valence-electron chi connectivity index (χ2n) is 7.88. The predicted octanol–water partition coefficient (Wildman–Crippen LogP) is 3.21. The molecule has 2 atom stereocenters. The average molecular weight is 348 g/mol. The SMILES string of the molecule is COc1ccccc1CC1CCCN1C(=O)NCC(C)(C)CC(C)O. The molecular weight excluding hydrogens is 316 g/mol. The van der Waals surface area contributed by atoms with Crippen LogP contribution in [-0.2, 0) is 6.42 Å². The number of hydrogen-bond acceptors (Lipinski definition) is 3. The number of methoxy groups -OCH3 is 1. The molecule has 1 heterocycles. The van der Waals surface area contributed by atoms with Gasteiger partial charge in [0, 0.05) is 19.1 Å². The number of nitrogens with zero attached hydrogens (tertiary/aromatic N) is 1. The first-order valence-electron chi connectivity index (χ1n) is 9.17. The second kappa shape index (κ2) is 8.56. The van der Waals surface area contributed by atoms with Crippen molar-refractivity contribution < 1.29 is 14.6 Å². The van der Waals surface area contributed by atoms with E-state index in [4.69, 9.17) is 4.74 Å². The topological polar surface area (TPSA) is 61.8 Å². The molecule has 0 radical (unpaired) electrons. The van der Waals surface area contributed by atoms with Crippen LogP contribution in [0.15, 0.2) is 24.3 Å². The normalized spacial score (nSPS) is 18.9. The summed E-state index contributed by atoms with van der Waals surface area (Å²) in [6, 6.07) is 8.21. The molecule has 1 saturated heterocycles. The van der Waals surface area contributed by atoms with Crippen LogP contribution in [0.1, 0.15) is 45.6 Å². The first kappa shape index (κ1) is 19.6. The van der Waals surface area contributed by atoms with E-state index < -0.39 is 0 Å². The summed E-state index contributed by atoms with van der Waals surface area (Å²) in [5.41, 5.74) is 1.02. The zero-order chi connectivity index (χ0) is 18.4. The summed E-state index contributed by atoms with van der Waals surface area (Å²) in [4.78, 5) is 14.6. The molecule has 0 aliphatic carbocycles. The number of nitrogens with one attached hydrogen (secondary N) is 1. The van der Waals surface area contributed by atoms with Gasteiger partial charge in [0.1, 0.15) is 5.75 Å². The third kappa shape index (κ3) is 5.63.